The number of halogens is 1. The Labute approximate surface area is 191 Å². The van der Waals surface area contributed by atoms with Gasteiger partial charge in [-0.25, -0.2) is 9.07 Å². The maximum Gasteiger partial charge on any atom is 0.253 e. The zero-order valence-corrected chi connectivity index (χ0v) is 18.8. The molecule has 1 aliphatic rings. The van der Waals surface area contributed by atoms with Crippen molar-refractivity contribution in [2.24, 2.45) is 5.92 Å². The van der Waals surface area contributed by atoms with Crippen LogP contribution in [0.5, 0.6) is 0 Å². The van der Waals surface area contributed by atoms with E-state index >= 15 is 0 Å². The molecule has 1 fully saturated rings. The summed E-state index contributed by atoms with van der Waals surface area (Å²) in [4.78, 5) is 18.6. The number of likely N-dealkylation sites (tertiary alicyclic amines) is 1. The molecule has 1 N–H and O–H groups in total. The lowest BCUT2D eigenvalue weighted by molar-refractivity contribution is 0.141. The number of nitrogens with one attached hydrogen (secondary N) is 1. The second-order valence-corrected chi connectivity index (χ2v) is 9.11. The monoisotopic (exact) mass is 446 g/mol. The Morgan fingerprint density at radius 1 is 1.18 bits per heavy atom. The van der Waals surface area contributed by atoms with Crippen LogP contribution in [-0.4, -0.2) is 43.2 Å². The molecule has 2 aromatic carbocycles. The molecule has 0 aliphatic carbocycles. The lowest BCUT2D eigenvalue weighted by Gasteiger charge is -2.36. The Balaban J connectivity index is 1.62. The molecule has 0 radical (unpaired) electrons. The molecule has 8 heteroatoms. The number of aromatic nitrogens is 5. The molecule has 1 aliphatic heterocycles. The van der Waals surface area contributed by atoms with Crippen molar-refractivity contribution in [3.8, 4) is 0 Å². The van der Waals surface area contributed by atoms with Crippen molar-refractivity contribution in [3.05, 3.63) is 87.2 Å². The van der Waals surface area contributed by atoms with Crippen LogP contribution in [0.15, 0.2) is 53.3 Å². The topological polar surface area (TPSA) is 79.7 Å². The first kappa shape index (κ1) is 21.5. The van der Waals surface area contributed by atoms with Crippen molar-refractivity contribution in [3.63, 3.8) is 0 Å². The summed E-state index contributed by atoms with van der Waals surface area (Å²) in [7, 11) is 0. The number of benzene rings is 2. The number of hydrogen-bond acceptors (Lipinski definition) is 5. The van der Waals surface area contributed by atoms with Crippen molar-refractivity contribution >= 4 is 10.9 Å². The number of tetrazole rings is 1. The number of H-pyrrole nitrogens is 1. The molecule has 2 aromatic heterocycles. The first-order chi connectivity index (χ1) is 16.0. The summed E-state index contributed by atoms with van der Waals surface area (Å²) in [5, 5.41) is 13.5. The van der Waals surface area contributed by atoms with Crippen LogP contribution in [0.25, 0.3) is 10.9 Å². The van der Waals surface area contributed by atoms with Crippen molar-refractivity contribution in [2.75, 3.05) is 13.1 Å². The fraction of sp³-hybridized carbons (Fsp3) is 0.360. The van der Waals surface area contributed by atoms with Crippen LogP contribution in [0.4, 0.5) is 4.39 Å². The van der Waals surface area contributed by atoms with Crippen molar-refractivity contribution in [2.45, 2.75) is 39.3 Å². The van der Waals surface area contributed by atoms with E-state index in [9.17, 15) is 9.18 Å². The highest BCUT2D eigenvalue weighted by molar-refractivity contribution is 5.79. The van der Waals surface area contributed by atoms with E-state index in [0.717, 1.165) is 48.0 Å². The van der Waals surface area contributed by atoms with Gasteiger partial charge in [-0.1, -0.05) is 30.7 Å². The molecule has 7 nitrogen and oxygen atoms in total. The second-order valence-electron chi connectivity index (χ2n) is 9.11. The number of hydrogen-bond donors (Lipinski definition) is 1. The van der Waals surface area contributed by atoms with Crippen LogP contribution in [-0.2, 0) is 6.54 Å². The SMILES string of the molecule is Cc1ccc2[nH]c(=O)c(C(c3nnnn3Cc3ccc(F)cc3)N3CCCC(C)C3)cc2c1. The normalized spacial score (nSPS) is 18.0. The minimum atomic E-state index is -0.378. The number of nitrogens with zero attached hydrogens (tertiary/aromatic N) is 5. The van der Waals surface area contributed by atoms with E-state index in [2.05, 4.69) is 38.4 Å². The summed E-state index contributed by atoms with van der Waals surface area (Å²) in [6.07, 6.45) is 2.22. The molecule has 0 saturated carbocycles. The van der Waals surface area contributed by atoms with Crippen LogP contribution in [0, 0.1) is 18.7 Å². The molecule has 0 spiro atoms. The van der Waals surface area contributed by atoms with Gasteiger partial charge in [0.1, 0.15) is 11.9 Å². The van der Waals surface area contributed by atoms with E-state index < -0.39 is 0 Å². The van der Waals surface area contributed by atoms with Crippen LogP contribution in [0.2, 0.25) is 0 Å². The highest BCUT2D eigenvalue weighted by Gasteiger charge is 2.32. The standard InChI is InChI=1S/C25H27FN6O/c1-16-5-10-22-19(12-16)13-21(25(33)27-22)23(31-11-3-4-17(2)14-31)24-28-29-30-32(24)15-18-6-8-20(26)9-7-18/h5-10,12-13,17,23H,3-4,11,14-15H2,1-2H3,(H,27,33). The van der Waals surface area contributed by atoms with Crippen LogP contribution in [0.3, 0.4) is 0 Å². The molecule has 4 aromatic rings. The second kappa shape index (κ2) is 8.86. The average Bonchev–Trinajstić information content (AvgIpc) is 3.24. The Hall–Kier alpha value is -3.39. The third kappa shape index (κ3) is 4.43. The van der Waals surface area contributed by atoms with Gasteiger partial charge in [0, 0.05) is 17.6 Å². The van der Waals surface area contributed by atoms with E-state index in [1.807, 2.05) is 25.1 Å². The van der Waals surface area contributed by atoms with E-state index in [0.29, 0.717) is 23.9 Å². The Bertz CT molecular complexity index is 1330. The predicted octanol–water partition coefficient (Wildman–Crippen LogP) is 3.83. The fourth-order valence-electron chi connectivity index (χ4n) is 4.79. The van der Waals surface area contributed by atoms with Gasteiger partial charge in [-0.05, 0) is 83.9 Å². The highest BCUT2D eigenvalue weighted by Crippen LogP contribution is 2.31. The average molecular weight is 447 g/mol. The number of rotatable bonds is 5. The van der Waals surface area contributed by atoms with E-state index in [1.165, 1.54) is 12.1 Å². The molecular weight excluding hydrogens is 419 g/mol. The van der Waals surface area contributed by atoms with Gasteiger partial charge in [-0.15, -0.1) is 5.10 Å². The van der Waals surface area contributed by atoms with Crippen molar-refractivity contribution in [1.82, 2.24) is 30.1 Å². The van der Waals surface area contributed by atoms with Gasteiger partial charge in [0.15, 0.2) is 5.82 Å². The van der Waals surface area contributed by atoms with Crippen molar-refractivity contribution in [1.29, 1.82) is 0 Å². The summed E-state index contributed by atoms with van der Waals surface area (Å²) in [5.74, 6) is 0.851. The number of aryl methyl sites for hydroxylation is 1. The maximum atomic E-state index is 13.4. The first-order valence-corrected chi connectivity index (χ1v) is 11.4. The molecule has 3 heterocycles. The van der Waals surface area contributed by atoms with Gasteiger partial charge in [-0.2, -0.15) is 0 Å². The quantitative estimate of drug-likeness (QED) is 0.504. The molecule has 170 valence electrons. The minimum Gasteiger partial charge on any atom is -0.322 e. The lowest BCUT2D eigenvalue weighted by atomic mass is 9.95. The van der Waals surface area contributed by atoms with Gasteiger partial charge in [-0.3, -0.25) is 9.69 Å². The van der Waals surface area contributed by atoms with Gasteiger partial charge >= 0.3 is 0 Å². The first-order valence-electron chi connectivity index (χ1n) is 11.4. The molecule has 5 rings (SSSR count). The summed E-state index contributed by atoms with van der Waals surface area (Å²) in [6, 6.07) is 13.9. The molecule has 1 saturated heterocycles. The molecule has 0 amide bonds. The number of fused-ring (bicyclic) bond motifs is 1. The summed E-state index contributed by atoms with van der Waals surface area (Å²) in [5.41, 5.74) is 3.33. The zero-order valence-electron chi connectivity index (χ0n) is 18.8. The predicted molar refractivity (Wildman–Crippen MR) is 124 cm³/mol. The van der Waals surface area contributed by atoms with Gasteiger partial charge in [0.25, 0.3) is 5.56 Å². The summed E-state index contributed by atoms with van der Waals surface area (Å²) in [6.45, 7) is 6.39. The number of piperidine rings is 1. The maximum absolute atomic E-state index is 13.4. The minimum absolute atomic E-state index is 0.133. The molecule has 2 atom stereocenters. The highest BCUT2D eigenvalue weighted by atomic mass is 19.1. The third-order valence-corrected chi connectivity index (χ3v) is 6.43. The van der Waals surface area contributed by atoms with Gasteiger partial charge in [0.05, 0.1) is 6.54 Å². The molecular formula is C25H27FN6O. The molecule has 33 heavy (non-hydrogen) atoms. The summed E-state index contributed by atoms with van der Waals surface area (Å²) >= 11 is 0. The van der Waals surface area contributed by atoms with Gasteiger partial charge in [0.2, 0.25) is 0 Å². The summed E-state index contributed by atoms with van der Waals surface area (Å²) < 4.78 is 15.1. The Morgan fingerprint density at radius 3 is 2.79 bits per heavy atom. The molecule has 2 unspecified atom stereocenters. The number of pyridine rings is 1. The Morgan fingerprint density at radius 2 is 2.00 bits per heavy atom. The van der Waals surface area contributed by atoms with E-state index in [4.69, 9.17) is 0 Å². The largest absolute Gasteiger partial charge is 0.322 e. The fourth-order valence-corrected chi connectivity index (χ4v) is 4.79. The van der Waals surface area contributed by atoms with Crippen LogP contribution in [0.1, 0.15) is 48.3 Å². The van der Waals surface area contributed by atoms with Crippen molar-refractivity contribution < 1.29 is 4.39 Å². The third-order valence-electron chi connectivity index (χ3n) is 6.43. The van der Waals surface area contributed by atoms with E-state index in [1.54, 1.807) is 16.8 Å². The number of aromatic amines is 1. The van der Waals surface area contributed by atoms with Crippen LogP contribution < -0.4 is 5.56 Å². The molecule has 0 bridgehead atoms. The van der Waals surface area contributed by atoms with Crippen LogP contribution >= 0.6 is 0 Å². The van der Waals surface area contributed by atoms with Gasteiger partial charge < -0.3 is 4.98 Å². The lowest BCUT2D eigenvalue weighted by Crippen LogP contribution is -2.41. The van der Waals surface area contributed by atoms with E-state index in [-0.39, 0.29) is 17.4 Å². The zero-order chi connectivity index (χ0) is 22.9. The Kier molecular flexibility index (Phi) is 5.76. The smallest absolute Gasteiger partial charge is 0.253 e.